The van der Waals surface area contributed by atoms with Crippen LogP contribution in [-0.4, -0.2) is 32.8 Å². The van der Waals surface area contributed by atoms with Crippen molar-refractivity contribution in [3.8, 4) is 5.69 Å². The lowest BCUT2D eigenvalue weighted by molar-refractivity contribution is 0.879. The molecule has 4 nitrogen and oxygen atoms in total. The average Bonchev–Trinajstić information content (AvgIpc) is 2.93. The highest BCUT2D eigenvalue weighted by atomic mass is 32.2. The topological polar surface area (TPSA) is 42.7 Å². The zero-order valence-corrected chi connectivity index (χ0v) is 11.4. The van der Waals surface area contributed by atoms with Gasteiger partial charge in [-0.15, -0.1) is 0 Å². The maximum absolute atomic E-state index is 4.09. The summed E-state index contributed by atoms with van der Waals surface area (Å²) in [4.78, 5) is 3.93. The first kappa shape index (κ1) is 13.0. The van der Waals surface area contributed by atoms with Crippen molar-refractivity contribution in [2.45, 2.75) is 13.3 Å². The van der Waals surface area contributed by atoms with Gasteiger partial charge in [0.15, 0.2) is 0 Å². The van der Waals surface area contributed by atoms with Crippen LogP contribution in [-0.2, 0) is 0 Å². The molecule has 0 aliphatic rings. The molecule has 1 heterocycles. The van der Waals surface area contributed by atoms with Gasteiger partial charge in [-0.3, -0.25) is 0 Å². The van der Waals surface area contributed by atoms with Crippen molar-refractivity contribution in [1.29, 1.82) is 0 Å². The van der Waals surface area contributed by atoms with E-state index in [-0.39, 0.29) is 0 Å². The molecule has 18 heavy (non-hydrogen) atoms. The molecule has 1 N–H and O–H groups in total. The van der Waals surface area contributed by atoms with E-state index in [9.17, 15) is 0 Å². The molecule has 0 radical (unpaired) electrons. The molecule has 0 saturated carbocycles. The Morgan fingerprint density at radius 1 is 1.28 bits per heavy atom. The summed E-state index contributed by atoms with van der Waals surface area (Å²) in [5.74, 6) is 2.42. The Kier molecular flexibility index (Phi) is 5.08. The molecule has 1 aromatic heterocycles. The second-order valence-corrected chi connectivity index (χ2v) is 5.26. The molecule has 0 bridgehead atoms. The minimum atomic E-state index is 1.02. The molecule has 0 amide bonds. The third kappa shape index (κ3) is 3.77. The number of nitrogens with one attached hydrogen (secondary N) is 1. The van der Waals surface area contributed by atoms with E-state index in [1.165, 1.54) is 24.3 Å². The van der Waals surface area contributed by atoms with E-state index in [1.807, 2.05) is 23.9 Å². The summed E-state index contributed by atoms with van der Waals surface area (Å²) in [7, 11) is 0. The van der Waals surface area contributed by atoms with Gasteiger partial charge in [-0.25, -0.2) is 9.67 Å². The number of rotatable bonds is 7. The van der Waals surface area contributed by atoms with Gasteiger partial charge >= 0.3 is 0 Å². The van der Waals surface area contributed by atoms with Crippen LogP contribution in [0.1, 0.15) is 13.3 Å². The maximum Gasteiger partial charge on any atom is 0.138 e. The highest BCUT2D eigenvalue weighted by molar-refractivity contribution is 7.99. The highest BCUT2D eigenvalue weighted by Crippen LogP contribution is 2.12. The van der Waals surface area contributed by atoms with Crippen LogP contribution < -0.4 is 5.32 Å². The Labute approximate surface area is 112 Å². The first-order valence-electron chi connectivity index (χ1n) is 6.17. The summed E-state index contributed by atoms with van der Waals surface area (Å²) in [6.45, 7) is 3.22. The number of thioether (sulfide) groups is 1. The normalized spacial score (nSPS) is 10.5. The lowest BCUT2D eigenvalue weighted by Gasteiger charge is -2.07. The number of nitrogens with zero attached hydrogens (tertiary/aromatic N) is 3. The van der Waals surface area contributed by atoms with E-state index in [0.717, 1.165) is 17.9 Å². The number of hydrogen-bond donors (Lipinski definition) is 1. The predicted octanol–water partition coefficient (Wildman–Crippen LogP) is 2.82. The second kappa shape index (κ2) is 7.06. The summed E-state index contributed by atoms with van der Waals surface area (Å²) in [6.07, 6.45) is 4.44. The predicted molar refractivity (Wildman–Crippen MR) is 77.5 cm³/mol. The summed E-state index contributed by atoms with van der Waals surface area (Å²) >= 11 is 1.99. The molecule has 96 valence electrons. The molecule has 1 aromatic carbocycles. The van der Waals surface area contributed by atoms with Crippen molar-refractivity contribution in [3.05, 3.63) is 36.9 Å². The SMILES string of the molecule is CCSCCCNc1ccc(-n2cncn2)cc1. The van der Waals surface area contributed by atoms with Gasteiger partial charge in [0.25, 0.3) is 0 Å². The lowest BCUT2D eigenvalue weighted by Crippen LogP contribution is -2.03. The molecule has 2 rings (SSSR count). The fourth-order valence-corrected chi connectivity index (χ4v) is 2.26. The van der Waals surface area contributed by atoms with E-state index in [1.54, 1.807) is 11.0 Å². The van der Waals surface area contributed by atoms with Gasteiger partial charge in [0.1, 0.15) is 12.7 Å². The summed E-state index contributed by atoms with van der Waals surface area (Å²) in [5, 5.41) is 7.51. The van der Waals surface area contributed by atoms with Crippen LogP contribution >= 0.6 is 11.8 Å². The Morgan fingerprint density at radius 2 is 2.11 bits per heavy atom. The average molecular weight is 262 g/mol. The van der Waals surface area contributed by atoms with E-state index in [0.29, 0.717) is 0 Å². The molecule has 0 fully saturated rings. The highest BCUT2D eigenvalue weighted by Gasteiger charge is 1.97. The van der Waals surface area contributed by atoms with E-state index in [2.05, 4.69) is 34.5 Å². The van der Waals surface area contributed by atoms with Crippen LogP contribution in [0.4, 0.5) is 5.69 Å². The van der Waals surface area contributed by atoms with E-state index < -0.39 is 0 Å². The fourth-order valence-electron chi connectivity index (χ4n) is 1.62. The second-order valence-electron chi connectivity index (χ2n) is 3.86. The molecule has 0 unspecified atom stereocenters. The largest absolute Gasteiger partial charge is 0.385 e. The molecule has 0 aliphatic carbocycles. The Balaban J connectivity index is 1.81. The summed E-state index contributed by atoms with van der Waals surface area (Å²) in [5.41, 5.74) is 2.18. The van der Waals surface area contributed by atoms with Gasteiger partial charge < -0.3 is 5.32 Å². The van der Waals surface area contributed by atoms with Crippen LogP contribution in [0.15, 0.2) is 36.9 Å². The number of anilines is 1. The summed E-state index contributed by atoms with van der Waals surface area (Å²) < 4.78 is 1.75. The molecular formula is C13H18N4S. The van der Waals surface area contributed by atoms with Gasteiger partial charge in [-0.2, -0.15) is 16.9 Å². The van der Waals surface area contributed by atoms with Crippen molar-refractivity contribution in [1.82, 2.24) is 14.8 Å². The van der Waals surface area contributed by atoms with Gasteiger partial charge in [0.05, 0.1) is 5.69 Å². The van der Waals surface area contributed by atoms with Crippen LogP contribution in [0.3, 0.4) is 0 Å². The van der Waals surface area contributed by atoms with Crippen molar-refractivity contribution >= 4 is 17.4 Å². The molecule has 0 aliphatic heterocycles. The fraction of sp³-hybridized carbons (Fsp3) is 0.385. The number of aromatic nitrogens is 3. The quantitative estimate of drug-likeness (QED) is 0.779. The van der Waals surface area contributed by atoms with Crippen molar-refractivity contribution < 1.29 is 0 Å². The van der Waals surface area contributed by atoms with E-state index in [4.69, 9.17) is 0 Å². The minimum absolute atomic E-state index is 1.02. The first-order valence-corrected chi connectivity index (χ1v) is 7.32. The van der Waals surface area contributed by atoms with Crippen LogP contribution in [0.25, 0.3) is 5.69 Å². The smallest absolute Gasteiger partial charge is 0.138 e. The Morgan fingerprint density at radius 3 is 2.78 bits per heavy atom. The molecule has 2 aromatic rings. The number of hydrogen-bond acceptors (Lipinski definition) is 4. The third-order valence-electron chi connectivity index (χ3n) is 2.55. The zero-order chi connectivity index (χ0) is 12.6. The van der Waals surface area contributed by atoms with Crippen LogP contribution in [0, 0.1) is 0 Å². The third-order valence-corrected chi connectivity index (χ3v) is 3.53. The van der Waals surface area contributed by atoms with Gasteiger partial charge in [-0.1, -0.05) is 6.92 Å². The molecule has 0 saturated heterocycles. The number of benzene rings is 1. The van der Waals surface area contributed by atoms with Crippen molar-refractivity contribution in [2.75, 3.05) is 23.4 Å². The van der Waals surface area contributed by atoms with Gasteiger partial charge in [-0.05, 0) is 42.2 Å². The first-order chi connectivity index (χ1) is 8.90. The van der Waals surface area contributed by atoms with Gasteiger partial charge in [0, 0.05) is 12.2 Å². The zero-order valence-electron chi connectivity index (χ0n) is 10.5. The Bertz CT molecular complexity index is 439. The Hall–Kier alpha value is -1.49. The van der Waals surface area contributed by atoms with Crippen LogP contribution in [0.5, 0.6) is 0 Å². The van der Waals surface area contributed by atoms with Gasteiger partial charge in [0.2, 0.25) is 0 Å². The maximum atomic E-state index is 4.09. The molecule has 0 atom stereocenters. The molecule has 5 heteroatoms. The van der Waals surface area contributed by atoms with Crippen molar-refractivity contribution in [2.24, 2.45) is 0 Å². The standard InChI is InChI=1S/C13H18N4S/c1-2-18-9-3-8-15-12-4-6-13(7-5-12)17-11-14-10-16-17/h4-7,10-11,15H,2-3,8-9H2,1H3. The van der Waals surface area contributed by atoms with Crippen molar-refractivity contribution in [3.63, 3.8) is 0 Å². The molecular weight excluding hydrogens is 244 g/mol. The van der Waals surface area contributed by atoms with E-state index >= 15 is 0 Å². The monoisotopic (exact) mass is 262 g/mol. The summed E-state index contributed by atoms with van der Waals surface area (Å²) in [6, 6.07) is 8.23. The molecule has 0 spiro atoms. The minimum Gasteiger partial charge on any atom is -0.385 e. The lowest BCUT2D eigenvalue weighted by atomic mass is 10.3. The van der Waals surface area contributed by atoms with Crippen LogP contribution in [0.2, 0.25) is 0 Å².